The van der Waals surface area contributed by atoms with E-state index in [1.54, 1.807) is 36.4 Å². The summed E-state index contributed by atoms with van der Waals surface area (Å²) >= 11 is 12.6. The second-order valence-corrected chi connectivity index (χ2v) is 10.5. The Balaban J connectivity index is 0.00000441. The molecule has 4 rings (SSSR count). The van der Waals surface area contributed by atoms with E-state index in [9.17, 15) is 14.4 Å². The van der Waals surface area contributed by atoms with E-state index in [0.717, 1.165) is 27.9 Å². The Bertz CT molecular complexity index is 1430. The molecule has 8 nitrogen and oxygen atoms in total. The third kappa shape index (κ3) is 7.98. The van der Waals surface area contributed by atoms with E-state index < -0.39 is 24.5 Å². The Morgan fingerprint density at radius 2 is 1.82 bits per heavy atom. The number of thioether (sulfide) groups is 1. The van der Waals surface area contributed by atoms with Gasteiger partial charge in [-0.3, -0.25) is 14.5 Å². The molecule has 1 fully saturated rings. The highest BCUT2D eigenvalue weighted by Crippen LogP contribution is 2.35. The molecule has 0 saturated carbocycles. The maximum Gasteiger partial charge on any atom is 0.328 e. The molecular weight excluding hydrogens is 595 g/mol. The van der Waals surface area contributed by atoms with Gasteiger partial charge in [0.1, 0.15) is 28.4 Å². The number of carbonyl (C=O) groups is 3. The lowest BCUT2D eigenvalue weighted by molar-refractivity contribution is -0.141. The number of thiocarbonyl (C=S) groups is 1. The number of hydrogen-bond acceptors (Lipinski definition) is 8. The molecule has 0 aliphatic carbocycles. The van der Waals surface area contributed by atoms with Crippen LogP contribution in [0.1, 0.15) is 11.1 Å². The van der Waals surface area contributed by atoms with Crippen molar-refractivity contribution in [1.82, 2.24) is 4.90 Å². The van der Waals surface area contributed by atoms with Crippen molar-refractivity contribution in [2.24, 2.45) is 0 Å². The van der Waals surface area contributed by atoms with E-state index in [-0.39, 0.29) is 22.7 Å². The lowest BCUT2D eigenvalue weighted by Gasteiger charge is -2.18. The molecule has 0 aromatic heterocycles. The molecule has 208 valence electrons. The zero-order chi connectivity index (χ0) is 27.9. The summed E-state index contributed by atoms with van der Waals surface area (Å²) in [6.07, 6.45) is 2.02. The first-order chi connectivity index (χ1) is 18.7. The number of ether oxygens (including phenoxy) is 2. The van der Waals surface area contributed by atoms with Gasteiger partial charge in [-0.05, 0) is 53.6 Å². The van der Waals surface area contributed by atoms with Crippen LogP contribution in [0.4, 0.5) is 5.69 Å². The summed E-state index contributed by atoms with van der Waals surface area (Å²) in [4.78, 5) is 37.1. The van der Waals surface area contributed by atoms with Crippen molar-refractivity contribution in [3.8, 4) is 11.5 Å². The van der Waals surface area contributed by atoms with Crippen LogP contribution in [0.15, 0.2) is 77.7 Å². The van der Waals surface area contributed by atoms with Gasteiger partial charge in [-0.2, -0.15) is 0 Å². The molecule has 1 heterocycles. The van der Waals surface area contributed by atoms with Crippen molar-refractivity contribution in [1.29, 1.82) is 0 Å². The van der Waals surface area contributed by atoms with Crippen LogP contribution in [0.5, 0.6) is 11.5 Å². The van der Waals surface area contributed by atoms with E-state index in [1.165, 1.54) is 7.11 Å². The van der Waals surface area contributed by atoms with Gasteiger partial charge in [0.15, 0.2) is 0 Å². The number of halogens is 2. The van der Waals surface area contributed by atoms with Gasteiger partial charge in [0, 0.05) is 12.1 Å². The number of anilines is 1. The summed E-state index contributed by atoms with van der Waals surface area (Å²) < 4.78 is 11.1. The van der Waals surface area contributed by atoms with Crippen molar-refractivity contribution in [2.75, 3.05) is 19.0 Å². The second kappa shape index (κ2) is 14.2. The number of nitrogens with one attached hydrogen (secondary N) is 1. The van der Waals surface area contributed by atoms with E-state index >= 15 is 0 Å². The molecule has 0 spiro atoms. The van der Waals surface area contributed by atoms with Crippen molar-refractivity contribution >= 4 is 81.9 Å². The quantitative estimate of drug-likeness (QED) is 0.160. The molecule has 2 N–H and O–H groups in total. The third-order valence-corrected chi connectivity index (χ3v) is 7.29. The molecule has 1 aliphatic rings. The van der Waals surface area contributed by atoms with Crippen molar-refractivity contribution in [3.05, 3.63) is 93.9 Å². The number of benzene rings is 3. The van der Waals surface area contributed by atoms with Crippen LogP contribution in [0, 0.1) is 0 Å². The summed E-state index contributed by atoms with van der Waals surface area (Å²) in [5.74, 6) is -1.00. The van der Waals surface area contributed by atoms with Gasteiger partial charge in [-0.15, -0.1) is 12.4 Å². The highest BCUT2D eigenvalue weighted by atomic mass is 35.5. The van der Waals surface area contributed by atoms with Crippen LogP contribution < -0.4 is 10.1 Å². The number of carboxylic acids is 1. The summed E-state index contributed by atoms with van der Waals surface area (Å²) in [6.45, 7) is -0.485. The Kier molecular flexibility index (Phi) is 11.0. The number of aliphatic carboxylic acids is 1. The number of carboxylic acid groups (broad SMARTS) is 1. The van der Waals surface area contributed by atoms with Crippen molar-refractivity contribution in [3.63, 3.8) is 0 Å². The monoisotopic (exact) mass is 618 g/mol. The molecule has 40 heavy (non-hydrogen) atoms. The number of rotatable bonds is 10. The van der Waals surface area contributed by atoms with Gasteiger partial charge in [-0.25, -0.2) is 4.79 Å². The van der Waals surface area contributed by atoms with Crippen LogP contribution in [0.25, 0.3) is 6.08 Å². The molecular formula is C28H24Cl2N2O6S2. The molecule has 1 atom stereocenters. The van der Waals surface area contributed by atoms with Gasteiger partial charge >= 0.3 is 11.9 Å². The van der Waals surface area contributed by atoms with Crippen LogP contribution in [0.3, 0.4) is 0 Å². The number of esters is 1. The number of carbonyl (C=O) groups excluding carboxylic acids is 2. The minimum absolute atomic E-state index is 0. The summed E-state index contributed by atoms with van der Waals surface area (Å²) in [6, 6.07) is 21.2. The molecule has 0 radical (unpaired) electrons. The zero-order valence-electron chi connectivity index (χ0n) is 21.0. The number of nitrogens with zero attached hydrogens (tertiary/aromatic N) is 1. The van der Waals surface area contributed by atoms with E-state index in [4.69, 9.17) is 38.4 Å². The lowest BCUT2D eigenvalue weighted by Crippen LogP contribution is -2.33. The molecule has 1 amide bonds. The van der Waals surface area contributed by atoms with Crippen LogP contribution in [-0.4, -0.2) is 51.9 Å². The molecule has 0 bridgehead atoms. The minimum Gasteiger partial charge on any atom is -0.480 e. The van der Waals surface area contributed by atoms with Crippen LogP contribution >= 0.6 is 48.0 Å². The third-order valence-electron chi connectivity index (χ3n) is 5.61. The average molecular weight is 620 g/mol. The smallest absolute Gasteiger partial charge is 0.328 e. The highest BCUT2D eigenvalue weighted by molar-refractivity contribution is 8.26. The molecule has 12 heteroatoms. The number of methoxy groups -OCH3 is 1. The molecule has 0 unspecified atom stereocenters. The fraction of sp³-hybridized carbons (Fsp3) is 0.143. The maximum atomic E-state index is 12.5. The molecule has 3 aromatic rings. The lowest BCUT2D eigenvalue weighted by atomic mass is 10.1. The van der Waals surface area contributed by atoms with E-state index in [1.807, 2.05) is 42.5 Å². The zero-order valence-corrected chi connectivity index (χ0v) is 24.2. The van der Waals surface area contributed by atoms with Gasteiger partial charge in [0.2, 0.25) is 0 Å². The van der Waals surface area contributed by atoms with Gasteiger partial charge in [0.05, 0.1) is 17.0 Å². The summed E-state index contributed by atoms with van der Waals surface area (Å²) in [5.41, 5.74) is 2.36. The Hall–Kier alpha value is -3.57. The first kappa shape index (κ1) is 31.0. The fourth-order valence-corrected chi connectivity index (χ4v) is 5.22. The predicted molar refractivity (Wildman–Crippen MR) is 162 cm³/mol. The van der Waals surface area contributed by atoms with Gasteiger partial charge < -0.3 is 19.9 Å². The normalized spacial score (nSPS) is 14.4. The first-order valence-electron chi connectivity index (χ1n) is 11.7. The number of amides is 1. The minimum atomic E-state index is -1.14. The van der Waals surface area contributed by atoms with Crippen LogP contribution in [0.2, 0.25) is 5.02 Å². The Morgan fingerprint density at radius 1 is 1.12 bits per heavy atom. The SMILES string of the molecule is COC(=O)[C@H](Cc1ccc(Oc2ccc(C=C3SC(=S)N(CC(=O)O)C3=O)cc2Cl)cc1)Nc1ccccc1.Cl. The number of hydrogen-bond donors (Lipinski definition) is 2. The Morgan fingerprint density at radius 3 is 2.45 bits per heavy atom. The molecule has 1 saturated heterocycles. The van der Waals surface area contributed by atoms with E-state index in [0.29, 0.717) is 33.4 Å². The van der Waals surface area contributed by atoms with Crippen molar-refractivity contribution < 1.29 is 29.0 Å². The van der Waals surface area contributed by atoms with Gasteiger partial charge in [-0.1, -0.05) is 72.0 Å². The molecule has 3 aromatic carbocycles. The first-order valence-corrected chi connectivity index (χ1v) is 13.3. The predicted octanol–water partition coefficient (Wildman–Crippen LogP) is 6.04. The Labute approximate surface area is 251 Å². The molecule has 1 aliphatic heterocycles. The maximum absolute atomic E-state index is 12.5. The van der Waals surface area contributed by atoms with Crippen molar-refractivity contribution in [2.45, 2.75) is 12.5 Å². The summed E-state index contributed by atoms with van der Waals surface area (Å²) in [7, 11) is 1.36. The van der Waals surface area contributed by atoms with E-state index in [2.05, 4.69) is 5.32 Å². The number of para-hydroxylation sites is 1. The standard InChI is InChI=1S/C28H23ClN2O6S2.ClH/c1-36-27(35)22(30-19-5-3-2-4-6-19)14-17-7-10-20(11-8-17)37-23-12-9-18(13-21(23)29)15-24-26(34)31(16-25(32)33)28(38)39-24;/h2-13,15,22,30H,14,16H2,1H3,(H,32,33);1H/t22-;/m0./s1. The fourth-order valence-electron chi connectivity index (χ4n) is 3.74. The van der Waals surface area contributed by atoms with Crippen LogP contribution in [-0.2, 0) is 25.5 Å². The summed E-state index contributed by atoms with van der Waals surface area (Å²) in [5, 5.41) is 12.5. The highest BCUT2D eigenvalue weighted by Gasteiger charge is 2.33. The average Bonchev–Trinajstić information content (AvgIpc) is 3.17. The van der Waals surface area contributed by atoms with Gasteiger partial charge in [0.25, 0.3) is 5.91 Å². The largest absolute Gasteiger partial charge is 0.480 e. The second-order valence-electron chi connectivity index (χ2n) is 8.39. The topological polar surface area (TPSA) is 105 Å².